The molecule has 176 valence electrons. The molecule has 0 bridgehead atoms. The van der Waals surface area contributed by atoms with Gasteiger partial charge in [-0.1, -0.05) is 89.2 Å². The number of nitrogens with zero attached hydrogens (tertiary/aromatic N) is 2. The van der Waals surface area contributed by atoms with Crippen LogP contribution in [-0.4, -0.2) is 52.8 Å². The summed E-state index contributed by atoms with van der Waals surface area (Å²) in [5.41, 5.74) is 2.71. The Morgan fingerprint density at radius 1 is 0.970 bits per heavy atom. The molecular formula is C28H36N2O3. The van der Waals surface area contributed by atoms with E-state index in [9.17, 15) is 14.7 Å². The molecule has 1 unspecified atom stereocenters. The lowest BCUT2D eigenvalue weighted by atomic mass is 9.85. The first-order chi connectivity index (χ1) is 15.7. The summed E-state index contributed by atoms with van der Waals surface area (Å²) in [6.07, 6.45) is 0.761. The van der Waals surface area contributed by atoms with Crippen LogP contribution in [0.15, 0.2) is 60.2 Å². The highest BCUT2D eigenvalue weighted by Crippen LogP contribution is 2.40. The Balaban J connectivity index is 2.03. The second kappa shape index (κ2) is 10.3. The van der Waals surface area contributed by atoms with Crippen molar-refractivity contribution in [1.29, 1.82) is 0 Å². The number of aliphatic hydroxyl groups is 1. The number of hydrogen-bond donors (Lipinski definition) is 1. The summed E-state index contributed by atoms with van der Waals surface area (Å²) in [7, 11) is 0. The Morgan fingerprint density at radius 2 is 1.58 bits per heavy atom. The SMILES string of the molecule is CCN(CC)CCCN1C(=O)C(=O)C(=C(O)c2ccccc2)C1c1ccc(C(C)(C)C)cc1. The number of amides is 1. The Kier molecular flexibility index (Phi) is 7.75. The second-order valence-electron chi connectivity index (χ2n) is 9.61. The largest absolute Gasteiger partial charge is 0.507 e. The fourth-order valence-corrected chi connectivity index (χ4v) is 4.38. The van der Waals surface area contributed by atoms with Crippen LogP contribution in [0.5, 0.6) is 0 Å². The van der Waals surface area contributed by atoms with Crippen LogP contribution in [0.3, 0.4) is 0 Å². The maximum Gasteiger partial charge on any atom is 0.295 e. The molecule has 1 saturated heterocycles. The number of Topliss-reactive ketones (excluding diaryl/α,β-unsaturated/α-hetero) is 1. The molecule has 1 heterocycles. The molecule has 0 spiro atoms. The molecule has 1 atom stereocenters. The van der Waals surface area contributed by atoms with Gasteiger partial charge in [-0.15, -0.1) is 0 Å². The van der Waals surface area contributed by atoms with Gasteiger partial charge in [0.05, 0.1) is 11.6 Å². The van der Waals surface area contributed by atoms with Gasteiger partial charge in [0, 0.05) is 12.1 Å². The standard InChI is InChI=1S/C28H36N2O3/c1-6-29(7-2)18-11-19-30-24(20-14-16-22(17-15-20)28(3,4)5)23(26(32)27(30)33)25(31)21-12-9-8-10-13-21/h8-10,12-17,24,31H,6-7,11,18-19H2,1-5H3. The zero-order valence-corrected chi connectivity index (χ0v) is 20.5. The summed E-state index contributed by atoms with van der Waals surface area (Å²) in [6.45, 7) is 13.9. The predicted octanol–water partition coefficient (Wildman–Crippen LogP) is 5.14. The Morgan fingerprint density at radius 3 is 2.12 bits per heavy atom. The molecule has 5 nitrogen and oxygen atoms in total. The van der Waals surface area contributed by atoms with Gasteiger partial charge < -0.3 is 14.9 Å². The van der Waals surface area contributed by atoms with Crippen molar-refractivity contribution in [2.75, 3.05) is 26.2 Å². The number of carbonyl (C=O) groups is 2. The highest BCUT2D eigenvalue weighted by Gasteiger charge is 2.45. The van der Waals surface area contributed by atoms with Crippen molar-refractivity contribution in [3.63, 3.8) is 0 Å². The van der Waals surface area contributed by atoms with Crippen molar-refractivity contribution in [2.45, 2.75) is 52.5 Å². The first kappa shape index (κ1) is 24.7. The number of aliphatic hydroxyl groups excluding tert-OH is 1. The monoisotopic (exact) mass is 448 g/mol. The molecule has 2 aromatic carbocycles. The maximum atomic E-state index is 13.1. The Hall–Kier alpha value is -2.92. The molecule has 0 radical (unpaired) electrons. The van der Waals surface area contributed by atoms with Crippen LogP contribution in [0.2, 0.25) is 0 Å². The average molecular weight is 449 g/mol. The lowest BCUT2D eigenvalue weighted by Crippen LogP contribution is -2.33. The third-order valence-corrected chi connectivity index (χ3v) is 6.45. The van der Waals surface area contributed by atoms with E-state index in [1.807, 2.05) is 42.5 Å². The van der Waals surface area contributed by atoms with E-state index in [1.165, 1.54) is 5.56 Å². The molecule has 3 rings (SSSR count). The number of rotatable bonds is 8. The third-order valence-electron chi connectivity index (χ3n) is 6.45. The number of ketones is 1. The van der Waals surface area contributed by atoms with E-state index >= 15 is 0 Å². The van der Waals surface area contributed by atoms with Crippen LogP contribution in [-0.2, 0) is 15.0 Å². The van der Waals surface area contributed by atoms with Gasteiger partial charge in [0.25, 0.3) is 11.7 Å². The van der Waals surface area contributed by atoms with Crippen LogP contribution in [0.4, 0.5) is 0 Å². The molecule has 1 aliphatic heterocycles. The number of carbonyl (C=O) groups excluding carboxylic acids is 2. The minimum Gasteiger partial charge on any atom is -0.507 e. The lowest BCUT2D eigenvalue weighted by molar-refractivity contribution is -0.140. The van der Waals surface area contributed by atoms with Crippen molar-refractivity contribution in [2.24, 2.45) is 0 Å². The van der Waals surface area contributed by atoms with Crippen LogP contribution >= 0.6 is 0 Å². The van der Waals surface area contributed by atoms with Gasteiger partial charge in [-0.2, -0.15) is 0 Å². The third kappa shape index (κ3) is 5.36. The highest BCUT2D eigenvalue weighted by molar-refractivity contribution is 6.46. The zero-order valence-electron chi connectivity index (χ0n) is 20.5. The second-order valence-corrected chi connectivity index (χ2v) is 9.61. The number of hydrogen-bond acceptors (Lipinski definition) is 4. The molecule has 33 heavy (non-hydrogen) atoms. The van der Waals surface area contributed by atoms with Gasteiger partial charge in [0.1, 0.15) is 5.76 Å². The Bertz CT molecular complexity index is 1000. The van der Waals surface area contributed by atoms with E-state index in [1.54, 1.807) is 17.0 Å². The quantitative estimate of drug-likeness (QED) is 0.345. The molecule has 0 saturated carbocycles. The van der Waals surface area contributed by atoms with E-state index in [0.717, 1.165) is 31.6 Å². The smallest absolute Gasteiger partial charge is 0.295 e. The van der Waals surface area contributed by atoms with Crippen LogP contribution in [0.25, 0.3) is 5.76 Å². The van der Waals surface area contributed by atoms with Crippen LogP contribution < -0.4 is 0 Å². The summed E-state index contributed by atoms with van der Waals surface area (Å²) in [6, 6.07) is 16.4. The predicted molar refractivity (Wildman–Crippen MR) is 133 cm³/mol. The zero-order chi connectivity index (χ0) is 24.2. The molecule has 1 fully saturated rings. The molecule has 5 heteroatoms. The van der Waals surface area contributed by atoms with E-state index in [-0.39, 0.29) is 16.7 Å². The fourth-order valence-electron chi connectivity index (χ4n) is 4.38. The summed E-state index contributed by atoms with van der Waals surface area (Å²) in [5, 5.41) is 11.1. The first-order valence-electron chi connectivity index (χ1n) is 11.9. The van der Waals surface area contributed by atoms with Gasteiger partial charge in [0.2, 0.25) is 0 Å². The summed E-state index contributed by atoms with van der Waals surface area (Å²) < 4.78 is 0. The molecule has 1 N–H and O–H groups in total. The summed E-state index contributed by atoms with van der Waals surface area (Å²) in [5.74, 6) is -1.29. The molecule has 0 aliphatic carbocycles. The van der Waals surface area contributed by atoms with Crippen molar-refractivity contribution in [3.8, 4) is 0 Å². The van der Waals surface area contributed by atoms with E-state index in [4.69, 9.17) is 0 Å². The van der Waals surface area contributed by atoms with Crippen LogP contribution in [0.1, 0.15) is 63.8 Å². The van der Waals surface area contributed by atoms with Crippen molar-refractivity contribution >= 4 is 17.4 Å². The summed E-state index contributed by atoms with van der Waals surface area (Å²) >= 11 is 0. The van der Waals surface area contributed by atoms with Gasteiger partial charge in [-0.3, -0.25) is 9.59 Å². The van der Waals surface area contributed by atoms with Crippen molar-refractivity contribution in [1.82, 2.24) is 9.80 Å². The van der Waals surface area contributed by atoms with E-state index in [0.29, 0.717) is 12.1 Å². The van der Waals surface area contributed by atoms with Crippen LogP contribution in [0, 0.1) is 0 Å². The van der Waals surface area contributed by atoms with Gasteiger partial charge >= 0.3 is 0 Å². The van der Waals surface area contributed by atoms with E-state index in [2.05, 4.69) is 39.5 Å². The normalized spacial score (nSPS) is 18.4. The van der Waals surface area contributed by atoms with Crippen molar-refractivity contribution in [3.05, 3.63) is 76.9 Å². The minimum absolute atomic E-state index is 0.00581. The fraction of sp³-hybridized carbons (Fsp3) is 0.429. The average Bonchev–Trinajstić information content (AvgIpc) is 3.06. The number of benzene rings is 2. The number of likely N-dealkylation sites (tertiary alicyclic amines) is 1. The van der Waals surface area contributed by atoms with Gasteiger partial charge in [-0.05, 0) is 42.6 Å². The highest BCUT2D eigenvalue weighted by atomic mass is 16.3. The molecular weight excluding hydrogens is 412 g/mol. The Labute approximate surface area is 197 Å². The summed E-state index contributed by atoms with van der Waals surface area (Å²) in [4.78, 5) is 30.2. The van der Waals surface area contributed by atoms with Gasteiger partial charge in [0.15, 0.2) is 0 Å². The van der Waals surface area contributed by atoms with Gasteiger partial charge in [-0.25, -0.2) is 0 Å². The molecule has 1 amide bonds. The molecule has 2 aromatic rings. The van der Waals surface area contributed by atoms with E-state index < -0.39 is 17.7 Å². The lowest BCUT2D eigenvalue weighted by Gasteiger charge is -2.27. The topological polar surface area (TPSA) is 60.9 Å². The first-order valence-corrected chi connectivity index (χ1v) is 11.9. The molecule has 1 aliphatic rings. The van der Waals surface area contributed by atoms with Crippen molar-refractivity contribution < 1.29 is 14.7 Å². The maximum absolute atomic E-state index is 13.1. The minimum atomic E-state index is -0.621. The molecule has 0 aromatic heterocycles.